The average Bonchev–Trinajstić information content (AvgIpc) is 3.22. The smallest absolute Gasteiger partial charge is 0.216 e. The Morgan fingerprint density at radius 1 is 1.29 bits per heavy atom. The average molecular weight is 378 g/mol. The first-order valence-electron chi connectivity index (χ1n) is 9.60. The Kier molecular flexibility index (Phi) is 4.86. The van der Waals surface area contributed by atoms with Crippen molar-refractivity contribution >= 4 is 28.2 Å². The summed E-state index contributed by atoms with van der Waals surface area (Å²) in [6.45, 7) is 3.91. The van der Waals surface area contributed by atoms with E-state index in [1.165, 1.54) is 22.5 Å². The highest BCUT2D eigenvalue weighted by atomic mass is 16.5. The van der Waals surface area contributed by atoms with Gasteiger partial charge in [-0.05, 0) is 54.3 Å². The van der Waals surface area contributed by atoms with Crippen molar-refractivity contribution < 1.29 is 9.53 Å². The van der Waals surface area contributed by atoms with Gasteiger partial charge in [-0.25, -0.2) is 0 Å². The van der Waals surface area contributed by atoms with Gasteiger partial charge in [-0.15, -0.1) is 0 Å². The van der Waals surface area contributed by atoms with Gasteiger partial charge in [0.2, 0.25) is 5.91 Å². The molecule has 2 heterocycles. The Morgan fingerprint density at radius 3 is 2.93 bits per heavy atom. The fourth-order valence-electron chi connectivity index (χ4n) is 4.01. The van der Waals surface area contributed by atoms with Crippen LogP contribution in [-0.2, 0) is 24.2 Å². The molecule has 0 atom stereocenters. The standard InChI is InChI=1S/C22H26N4O2/c1-14(27)24-9-7-18-19-12-17(28-2)5-6-20(19)25-21(18)13-26-10-8-15-3-4-16(23)11-22(15)26/h3-6,11-12,25H,7-10,13,23H2,1-2H3,(H,24,27). The minimum absolute atomic E-state index is 0.0112. The Hall–Kier alpha value is -3.15. The number of nitrogen functional groups attached to an aromatic ring is 1. The number of nitrogens with two attached hydrogens (primary N) is 1. The number of carbonyl (C=O) groups excluding carboxylic acids is 1. The van der Waals surface area contributed by atoms with E-state index in [9.17, 15) is 4.79 Å². The lowest BCUT2D eigenvalue weighted by molar-refractivity contribution is -0.118. The van der Waals surface area contributed by atoms with Crippen LogP contribution in [0, 0.1) is 0 Å². The van der Waals surface area contributed by atoms with Gasteiger partial charge in [0.25, 0.3) is 0 Å². The lowest BCUT2D eigenvalue weighted by Crippen LogP contribution is -2.24. The molecule has 0 saturated heterocycles. The third kappa shape index (κ3) is 3.50. The molecule has 0 saturated carbocycles. The van der Waals surface area contributed by atoms with E-state index in [0.29, 0.717) is 6.54 Å². The van der Waals surface area contributed by atoms with Crippen molar-refractivity contribution in [2.24, 2.45) is 0 Å². The van der Waals surface area contributed by atoms with Crippen molar-refractivity contribution in [2.75, 3.05) is 30.8 Å². The van der Waals surface area contributed by atoms with Crippen LogP contribution in [0.5, 0.6) is 5.75 Å². The van der Waals surface area contributed by atoms with Gasteiger partial charge in [-0.2, -0.15) is 0 Å². The summed E-state index contributed by atoms with van der Waals surface area (Å²) in [4.78, 5) is 17.3. The molecule has 4 rings (SSSR count). The van der Waals surface area contributed by atoms with Gasteiger partial charge in [0.15, 0.2) is 0 Å². The van der Waals surface area contributed by atoms with Crippen LogP contribution in [0.1, 0.15) is 23.7 Å². The van der Waals surface area contributed by atoms with Crippen LogP contribution in [0.15, 0.2) is 36.4 Å². The van der Waals surface area contributed by atoms with Crippen LogP contribution >= 0.6 is 0 Å². The molecule has 1 aromatic heterocycles. The number of ether oxygens (including phenoxy) is 1. The Labute approximate surface area is 164 Å². The minimum Gasteiger partial charge on any atom is -0.497 e. The third-order valence-corrected chi connectivity index (χ3v) is 5.40. The number of benzene rings is 2. The van der Waals surface area contributed by atoms with Crippen LogP contribution in [0.2, 0.25) is 0 Å². The number of nitrogens with zero attached hydrogens (tertiary/aromatic N) is 1. The largest absolute Gasteiger partial charge is 0.497 e. The summed E-state index contributed by atoms with van der Waals surface area (Å²) in [6.07, 6.45) is 1.80. The number of nitrogens with one attached hydrogen (secondary N) is 2. The van der Waals surface area contributed by atoms with Gasteiger partial charge in [0.1, 0.15) is 5.75 Å². The van der Waals surface area contributed by atoms with Crippen LogP contribution in [0.25, 0.3) is 10.9 Å². The molecule has 28 heavy (non-hydrogen) atoms. The van der Waals surface area contributed by atoms with Gasteiger partial charge in [0, 0.05) is 48.0 Å². The molecule has 3 aromatic rings. The second-order valence-corrected chi connectivity index (χ2v) is 7.29. The summed E-state index contributed by atoms with van der Waals surface area (Å²) in [5.74, 6) is 0.820. The maximum atomic E-state index is 11.3. The summed E-state index contributed by atoms with van der Waals surface area (Å²) < 4.78 is 5.41. The monoisotopic (exact) mass is 378 g/mol. The summed E-state index contributed by atoms with van der Waals surface area (Å²) in [7, 11) is 1.68. The van der Waals surface area contributed by atoms with Crippen molar-refractivity contribution in [1.82, 2.24) is 10.3 Å². The number of H-pyrrole nitrogens is 1. The molecule has 1 aliphatic rings. The van der Waals surface area contributed by atoms with Crippen molar-refractivity contribution in [2.45, 2.75) is 26.3 Å². The van der Waals surface area contributed by atoms with Crippen molar-refractivity contribution in [1.29, 1.82) is 0 Å². The molecule has 0 unspecified atom stereocenters. The number of methoxy groups -OCH3 is 1. The molecule has 0 aliphatic carbocycles. The molecule has 0 spiro atoms. The highest BCUT2D eigenvalue weighted by Gasteiger charge is 2.22. The molecular weight excluding hydrogens is 352 g/mol. The lowest BCUT2D eigenvalue weighted by Gasteiger charge is -2.20. The minimum atomic E-state index is -0.0112. The van der Waals surface area contributed by atoms with E-state index >= 15 is 0 Å². The highest BCUT2D eigenvalue weighted by Crippen LogP contribution is 2.33. The van der Waals surface area contributed by atoms with E-state index in [-0.39, 0.29) is 5.91 Å². The van der Waals surface area contributed by atoms with Gasteiger partial charge < -0.3 is 25.7 Å². The Bertz CT molecular complexity index is 1020. The molecule has 0 radical (unpaired) electrons. The highest BCUT2D eigenvalue weighted by molar-refractivity contribution is 5.86. The molecule has 1 amide bonds. The Balaban J connectivity index is 1.68. The van der Waals surface area contributed by atoms with E-state index in [0.717, 1.165) is 48.3 Å². The predicted octanol–water partition coefficient (Wildman–Crippen LogP) is 3.00. The van der Waals surface area contributed by atoms with E-state index in [1.807, 2.05) is 12.1 Å². The number of fused-ring (bicyclic) bond motifs is 2. The van der Waals surface area contributed by atoms with Crippen molar-refractivity contribution in [3.63, 3.8) is 0 Å². The van der Waals surface area contributed by atoms with Crippen LogP contribution < -0.4 is 20.7 Å². The maximum Gasteiger partial charge on any atom is 0.216 e. The normalized spacial score (nSPS) is 13.0. The van der Waals surface area contributed by atoms with Crippen LogP contribution in [-0.4, -0.2) is 31.1 Å². The molecule has 6 heteroatoms. The number of aromatic amines is 1. The zero-order valence-electron chi connectivity index (χ0n) is 16.3. The summed E-state index contributed by atoms with van der Waals surface area (Å²) in [5, 5.41) is 4.05. The second kappa shape index (κ2) is 7.46. The lowest BCUT2D eigenvalue weighted by atomic mass is 10.1. The van der Waals surface area contributed by atoms with Gasteiger partial charge in [0.05, 0.1) is 13.7 Å². The molecular formula is C22H26N4O2. The molecule has 6 nitrogen and oxygen atoms in total. The zero-order chi connectivity index (χ0) is 19.7. The predicted molar refractivity (Wildman–Crippen MR) is 113 cm³/mol. The fourth-order valence-corrected chi connectivity index (χ4v) is 4.01. The number of amides is 1. The number of rotatable bonds is 6. The van der Waals surface area contributed by atoms with Gasteiger partial charge >= 0.3 is 0 Å². The van der Waals surface area contributed by atoms with E-state index in [1.54, 1.807) is 14.0 Å². The van der Waals surface area contributed by atoms with Gasteiger partial charge in [-0.3, -0.25) is 4.79 Å². The first-order chi connectivity index (χ1) is 13.5. The fraction of sp³-hybridized carbons (Fsp3) is 0.318. The number of anilines is 2. The van der Waals surface area contributed by atoms with Crippen molar-refractivity contribution in [3.05, 3.63) is 53.2 Å². The van der Waals surface area contributed by atoms with Crippen molar-refractivity contribution in [3.8, 4) is 5.75 Å². The van der Waals surface area contributed by atoms with Crippen LogP contribution in [0.3, 0.4) is 0 Å². The SMILES string of the molecule is COc1ccc2[nH]c(CN3CCc4ccc(N)cc43)c(CCNC(C)=O)c2c1. The summed E-state index contributed by atoms with van der Waals surface area (Å²) in [5.41, 5.74) is 12.8. The van der Waals surface area contributed by atoms with Crippen LogP contribution in [0.4, 0.5) is 11.4 Å². The number of hydrogen-bond acceptors (Lipinski definition) is 4. The third-order valence-electron chi connectivity index (χ3n) is 5.40. The van der Waals surface area contributed by atoms with E-state index < -0.39 is 0 Å². The van der Waals surface area contributed by atoms with E-state index in [2.05, 4.69) is 39.5 Å². The summed E-state index contributed by atoms with van der Waals surface area (Å²) in [6, 6.07) is 12.2. The molecule has 146 valence electrons. The second-order valence-electron chi connectivity index (χ2n) is 7.29. The molecule has 1 aliphatic heterocycles. The maximum absolute atomic E-state index is 11.3. The summed E-state index contributed by atoms with van der Waals surface area (Å²) >= 11 is 0. The molecule has 4 N–H and O–H groups in total. The molecule has 0 bridgehead atoms. The first-order valence-corrected chi connectivity index (χ1v) is 9.60. The number of carbonyl (C=O) groups is 1. The Morgan fingerprint density at radius 2 is 2.14 bits per heavy atom. The number of aromatic nitrogens is 1. The quantitative estimate of drug-likeness (QED) is 0.576. The first kappa shape index (κ1) is 18.2. The van der Waals surface area contributed by atoms with E-state index in [4.69, 9.17) is 10.5 Å². The van der Waals surface area contributed by atoms with Gasteiger partial charge in [-0.1, -0.05) is 6.07 Å². The molecule has 0 fully saturated rings. The zero-order valence-corrected chi connectivity index (χ0v) is 16.3. The molecule has 2 aromatic carbocycles. The topological polar surface area (TPSA) is 83.4 Å². The number of hydrogen-bond donors (Lipinski definition) is 3.